The number of hydrogen-bond donors (Lipinski definition) is 0. The summed E-state index contributed by atoms with van der Waals surface area (Å²) >= 11 is 0. The molecule has 0 heterocycles. The van der Waals surface area contributed by atoms with E-state index in [9.17, 15) is 4.79 Å². The average Bonchev–Trinajstić information content (AvgIpc) is 2.31. The van der Waals surface area contributed by atoms with Crippen molar-refractivity contribution in [2.24, 2.45) is 0 Å². The second kappa shape index (κ2) is 6.48. The summed E-state index contributed by atoms with van der Waals surface area (Å²) in [7, 11) is 0. The van der Waals surface area contributed by atoms with E-state index >= 15 is 0 Å². The van der Waals surface area contributed by atoms with Crippen LogP contribution in [0.25, 0.3) is 0 Å². The number of para-hydroxylation sites is 1. The molecule has 0 fully saturated rings. The second-order valence-electron chi connectivity index (χ2n) is 3.07. The molecule has 3 heteroatoms. The van der Waals surface area contributed by atoms with Crippen LogP contribution in [-0.4, -0.2) is 5.97 Å². The van der Waals surface area contributed by atoms with Gasteiger partial charge >= 0.3 is 35.5 Å². The van der Waals surface area contributed by atoms with Crippen LogP contribution in [0.5, 0.6) is 5.75 Å². The summed E-state index contributed by atoms with van der Waals surface area (Å²) in [5.41, 5.74) is 0.557. The summed E-state index contributed by atoms with van der Waals surface area (Å²) in [6.45, 7) is 0. The molecule has 0 aliphatic carbocycles. The number of ether oxygens (including phenoxy) is 1. The first-order valence-corrected chi connectivity index (χ1v) is 4.68. The molecule has 0 aliphatic heterocycles. The molecule has 0 N–H and O–H groups in total. The molecule has 16 heavy (non-hydrogen) atoms. The van der Waals surface area contributed by atoms with Crippen LogP contribution in [-0.2, 0) is 0 Å². The maximum absolute atomic E-state index is 11.6. The van der Waals surface area contributed by atoms with E-state index in [0.29, 0.717) is 11.3 Å². The van der Waals surface area contributed by atoms with Crippen LogP contribution in [0, 0.1) is 0 Å². The fourth-order valence-electron chi connectivity index (χ4n) is 1.23. The monoisotopic (exact) mass is 222 g/mol. The molecule has 0 saturated carbocycles. The van der Waals surface area contributed by atoms with Gasteiger partial charge in [0.05, 0.1) is 5.56 Å². The molecule has 2 nitrogen and oxygen atoms in total. The third kappa shape index (κ3) is 3.49. The SMILES string of the molecule is O=C(Oc1ccccc1)c1ccccc1.[H-].[Na+]. The van der Waals surface area contributed by atoms with E-state index in [1.807, 2.05) is 36.4 Å². The van der Waals surface area contributed by atoms with Gasteiger partial charge in [-0.1, -0.05) is 36.4 Å². The fraction of sp³-hybridized carbons (Fsp3) is 0. The van der Waals surface area contributed by atoms with Crippen molar-refractivity contribution in [1.82, 2.24) is 0 Å². The van der Waals surface area contributed by atoms with Gasteiger partial charge in [0.15, 0.2) is 0 Å². The number of carbonyl (C=O) groups excluding carboxylic acids is 1. The first-order chi connectivity index (χ1) is 7.36. The summed E-state index contributed by atoms with van der Waals surface area (Å²) in [6, 6.07) is 18.0. The van der Waals surface area contributed by atoms with E-state index in [0.717, 1.165) is 0 Å². The molecule has 0 atom stereocenters. The normalized spacial score (nSPS) is 9.00. The van der Waals surface area contributed by atoms with Crippen molar-refractivity contribution in [2.45, 2.75) is 0 Å². The molecular weight excluding hydrogens is 211 g/mol. The largest absolute Gasteiger partial charge is 1.00 e. The molecular formula is C13H11NaO2. The number of carbonyl (C=O) groups is 1. The first-order valence-electron chi connectivity index (χ1n) is 4.68. The Labute approximate surface area is 118 Å². The maximum Gasteiger partial charge on any atom is 1.00 e. The van der Waals surface area contributed by atoms with Gasteiger partial charge in [0, 0.05) is 0 Å². The number of benzene rings is 2. The number of rotatable bonds is 2. The van der Waals surface area contributed by atoms with E-state index in [4.69, 9.17) is 4.74 Å². The van der Waals surface area contributed by atoms with Crippen LogP contribution >= 0.6 is 0 Å². The van der Waals surface area contributed by atoms with Crippen LogP contribution in [0.1, 0.15) is 11.8 Å². The van der Waals surface area contributed by atoms with E-state index in [-0.39, 0.29) is 37.0 Å². The first kappa shape index (κ1) is 13.0. The molecule has 2 rings (SSSR count). The summed E-state index contributed by atoms with van der Waals surface area (Å²) in [5.74, 6) is 0.230. The molecule has 0 unspecified atom stereocenters. The van der Waals surface area contributed by atoms with Crippen molar-refractivity contribution in [3.8, 4) is 5.75 Å². The van der Waals surface area contributed by atoms with Gasteiger partial charge in [-0.3, -0.25) is 0 Å². The second-order valence-corrected chi connectivity index (χ2v) is 3.07. The van der Waals surface area contributed by atoms with E-state index in [2.05, 4.69) is 0 Å². The summed E-state index contributed by atoms with van der Waals surface area (Å²) in [6.07, 6.45) is 0. The Morgan fingerprint density at radius 2 is 1.38 bits per heavy atom. The zero-order valence-electron chi connectivity index (χ0n) is 10.1. The van der Waals surface area contributed by atoms with Crippen molar-refractivity contribution in [3.63, 3.8) is 0 Å². The Hall–Kier alpha value is -1.09. The van der Waals surface area contributed by atoms with Gasteiger partial charge in [-0.2, -0.15) is 0 Å². The molecule has 0 aromatic heterocycles. The zero-order valence-corrected chi connectivity index (χ0v) is 11.1. The minimum atomic E-state index is -0.332. The number of esters is 1. The van der Waals surface area contributed by atoms with Crippen LogP contribution < -0.4 is 34.3 Å². The third-order valence-corrected chi connectivity index (χ3v) is 1.96. The fourth-order valence-corrected chi connectivity index (χ4v) is 1.23. The molecule has 2 aromatic carbocycles. The van der Waals surface area contributed by atoms with Gasteiger partial charge in [-0.15, -0.1) is 0 Å². The third-order valence-electron chi connectivity index (χ3n) is 1.96. The zero-order chi connectivity index (χ0) is 10.5. The summed E-state index contributed by atoms with van der Waals surface area (Å²) in [5, 5.41) is 0. The van der Waals surface area contributed by atoms with Crippen LogP contribution in [0.3, 0.4) is 0 Å². The molecule has 0 bridgehead atoms. The van der Waals surface area contributed by atoms with Crippen molar-refractivity contribution >= 4 is 5.97 Å². The van der Waals surface area contributed by atoms with Gasteiger partial charge in [0.2, 0.25) is 0 Å². The van der Waals surface area contributed by atoms with Gasteiger partial charge in [-0.25, -0.2) is 4.79 Å². The molecule has 0 radical (unpaired) electrons. The molecule has 0 aliphatic rings. The van der Waals surface area contributed by atoms with Crippen molar-refractivity contribution in [1.29, 1.82) is 0 Å². The van der Waals surface area contributed by atoms with E-state index in [1.54, 1.807) is 24.3 Å². The van der Waals surface area contributed by atoms with Gasteiger partial charge in [-0.05, 0) is 24.3 Å². The summed E-state index contributed by atoms with van der Waals surface area (Å²) < 4.78 is 5.16. The molecule has 0 saturated heterocycles. The Morgan fingerprint density at radius 3 is 1.94 bits per heavy atom. The standard InChI is InChI=1S/C13H10O2.Na.H/c14-13(11-7-3-1-4-8-11)15-12-9-5-2-6-10-12;;/h1-10H;;/q;+1;-1. The van der Waals surface area contributed by atoms with Crippen molar-refractivity contribution in [2.75, 3.05) is 0 Å². The van der Waals surface area contributed by atoms with E-state index < -0.39 is 0 Å². The summed E-state index contributed by atoms with van der Waals surface area (Å²) in [4.78, 5) is 11.6. The molecule has 2 aromatic rings. The van der Waals surface area contributed by atoms with Gasteiger partial charge in [0.1, 0.15) is 5.75 Å². The smallest absolute Gasteiger partial charge is 1.00 e. The minimum absolute atomic E-state index is 0. The minimum Gasteiger partial charge on any atom is -1.00 e. The average molecular weight is 222 g/mol. The Balaban J connectivity index is 0.00000128. The Bertz CT molecular complexity index is 445. The predicted octanol–water partition coefficient (Wildman–Crippen LogP) is 0.0223. The van der Waals surface area contributed by atoms with Crippen LogP contribution in [0.15, 0.2) is 60.7 Å². The molecule has 0 spiro atoms. The van der Waals surface area contributed by atoms with Gasteiger partial charge in [0.25, 0.3) is 0 Å². The quantitative estimate of drug-likeness (QED) is 0.407. The topological polar surface area (TPSA) is 26.3 Å². The Kier molecular flexibility index (Phi) is 5.26. The number of hydrogen-bond acceptors (Lipinski definition) is 2. The van der Waals surface area contributed by atoms with Crippen LogP contribution in [0.4, 0.5) is 0 Å². The Morgan fingerprint density at radius 1 is 0.875 bits per heavy atom. The predicted molar refractivity (Wildman–Crippen MR) is 59.0 cm³/mol. The van der Waals surface area contributed by atoms with Crippen molar-refractivity contribution < 1.29 is 40.5 Å². The van der Waals surface area contributed by atoms with E-state index in [1.165, 1.54) is 0 Å². The van der Waals surface area contributed by atoms with Gasteiger partial charge < -0.3 is 6.16 Å². The maximum atomic E-state index is 11.6. The molecule has 76 valence electrons. The van der Waals surface area contributed by atoms with Crippen LogP contribution in [0.2, 0.25) is 0 Å². The van der Waals surface area contributed by atoms with Crippen molar-refractivity contribution in [3.05, 3.63) is 66.2 Å². The molecule has 0 amide bonds.